The quantitative estimate of drug-likeness (QED) is 0.609. The van der Waals surface area contributed by atoms with E-state index < -0.39 is 0 Å². The van der Waals surface area contributed by atoms with E-state index in [9.17, 15) is 0 Å². The van der Waals surface area contributed by atoms with Gasteiger partial charge < -0.3 is 0 Å². The molecule has 2 aromatic rings. The fraction of sp³-hybridized carbons (Fsp3) is 0.333. The molecule has 0 aliphatic carbocycles. The third-order valence-electron chi connectivity index (χ3n) is 3.98. The van der Waals surface area contributed by atoms with Crippen molar-refractivity contribution in [2.45, 2.75) is 18.9 Å². The SMILES string of the molecule is CC(c1ccccc1Cl)N(C)CC(CBr)c1ccccc1. The van der Waals surface area contributed by atoms with Gasteiger partial charge in [0.25, 0.3) is 0 Å². The van der Waals surface area contributed by atoms with Gasteiger partial charge in [0.2, 0.25) is 0 Å². The van der Waals surface area contributed by atoms with Crippen molar-refractivity contribution in [2.24, 2.45) is 0 Å². The van der Waals surface area contributed by atoms with E-state index in [-0.39, 0.29) is 0 Å². The van der Waals surface area contributed by atoms with E-state index in [2.05, 4.69) is 71.2 Å². The Morgan fingerprint density at radius 1 is 1.05 bits per heavy atom. The Bertz CT molecular complexity index is 558. The topological polar surface area (TPSA) is 3.24 Å². The predicted octanol–water partition coefficient (Wildman–Crippen LogP) is 5.51. The molecule has 2 unspecified atom stereocenters. The molecule has 2 aromatic carbocycles. The summed E-state index contributed by atoms with van der Waals surface area (Å²) in [4.78, 5) is 2.36. The van der Waals surface area contributed by atoms with Crippen LogP contribution < -0.4 is 0 Å². The maximum atomic E-state index is 6.31. The van der Waals surface area contributed by atoms with Crippen molar-refractivity contribution >= 4 is 27.5 Å². The van der Waals surface area contributed by atoms with Crippen LogP contribution in [0.2, 0.25) is 5.02 Å². The molecule has 0 amide bonds. The molecule has 0 aliphatic rings. The van der Waals surface area contributed by atoms with E-state index in [1.807, 2.05) is 18.2 Å². The summed E-state index contributed by atoms with van der Waals surface area (Å²) < 4.78 is 0. The van der Waals surface area contributed by atoms with E-state index in [4.69, 9.17) is 11.6 Å². The van der Waals surface area contributed by atoms with Crippen molar-refractivity contribution in [1.29, 1.82) is 0 Å². The summed E-state index contributed by atoms with van der Waals surface area (Å²) in [7, 11) is 2.16. The Morgan fingerprint density at radius 3 is 2.29 bits per heavy atom. The highest BCUT2D eigenvalue weighted by Gasteiger charge is 2.19. The van der Waals surface area contributed by atoms with Crippen LogP contribution in [0.25, 0.3) is 0 Å². The molecule has 0 saturated heterocycles. The third-order valence-corrected chi connectivity index (χ3v) is 5.11. The normalized spacial score (nSPS) is 14.1. The second kappa shape index (κ2) is 7.98. The van der Waals surface area contributed by atoms with Crippen LogP contribution in [-0.4, -0.2) is 23.8 Å². The van der Waals surface area contributed by atoms with E-state index in [0.717, 1.165) is 16.9 Å². The van der Waals surface area contributed by atoms with Gasteiger partial charge in [0, 0.05) is 28.9 Å². The lowest BCUT2D eigenvalue weighted by Crippen LogP contribution is -2.28. The van der Waals surface area contributed by atoms with E-state index in [1.54, 1.807) is 0 Å². The minimum absolute atomic E-state index is 0.295. The monoisotopic (exact) mass is 365 g/mol. The number of hydrogen-bond acceptors (Lipinski definition) is 1. The van der Waals surface area contributed by atoms with Crippen LogP contribution in [0.15, 0.2) is 54.6 Å². The van der Waals surface area contributed by atoms with Gasteiger partial charge >= 0.3 is 0 Å². The molecule has 2 atom stereocenters. The number of halogens is 2. The van der Waals surface area contributed by atoms with Crippen LogP contribution >= 0.6 is 27.5 Å². The second-order valence-electron chi connectivity index (χ2n) is 5.40. The summed E-state index contributed by atoms with van der Waals surface area (Å²) in [5.74, 6) is 0.473. The van der Waals surface area contributed by atoms with Crippen molar-refractivity contribution in [2.75, 3.05) is 18.9 Å². The Morgan fingerprint density at radius 2 is 1.67 bits per heavy atom. The minimum atomic E-state index is 0.295. The molecule has 0 saturated carbocycles. The number of nitrogens with zero attached hydrogens (tertiary/aromatic N) is 1. The molecule has 2 rings (SSSR count). The first-order chi connectivity index (χ1) is 10.1. The molecule has 21 heavy (non-hydrogen) atoms. The van der Waals surface area contributed by atoms with E-state index in [0.29, 0.717) is 12.0 Å². The molecule has 112 valence electrons. The molecular formula is C18H21BrClN. The van der Waals surface area contributed by atoms with Crippen molar-refractivity contribution in [1.82, 2.24) is 4.90 Å². The van der Waals surface area contributed by atoms with E-state index >= 15 is 0 Å². The lowest BCUT2D eigenvalue weighted by atomic mass is 9.99. The largest absolute Gasteiger partial charge is 0.299 e. The summed E-state index contributed by atoms with van der Waals surface area (Å²) in [6.07, 6.45) is 0. The molecule has 0 N–H and O–H groups in total. The highest BCUT2D eigenvalue weighted by Crippen LogP contribution is 2.28. The number of hydrogen-bond donors (Lipinski definition) is 0. The van der Waals surface area contributed by atoms with Gasteiger partial charge in [-0.05, 0) is 31.2 Å². The first-order valence-corrected chi connectivity index (χ1v) is 8.69. The van der Waals surface area contributed by atoms with Crippen LogP contribution in [0.3, 0.4) is 0 Å². The molecule has 0 heterocycles. The molecule has 3 heteroatoms. The number of benzene rings is 2. The van der Waals surface area contributed by atoms with Crippen LogP contribution in [0.1, 0.15) is 30.0 Å². The smallest absolute Gasteiger partial charge is 0.0453 e. The molecule has 0 radical (unpaired) electrons. The summed E-state index contributed by atoms with van der Waals surface area (Å²) >= 11 is 9.96. The van der Waals surface area contributed by atoms with Gasteiger partial charge in [-0.2, -0.15) is 0 Å². The van der Waals surface area contributed by atoms with Gasteiger partial charge in [-0.1, -0.05) is 76.1 Å². The van der Waals surface area contributed by atoms with Gasteiger partial charge in [-0.15, -0.1) is 0 Å². The van der Waals surface area contributed by atoms with Crippen LogP contribution in [0.4, 0.5) is 0 Å². The lowest BCUT2D eigenvalue weighted by molar-refractivity contribution is 0.250. The molecule has 0 aliphatic heterocycles. The maximum absolute atomic E-state index is 6.31. The van der Waals surface area contributed by atoms with Gasteiger partial charge in [0.05, 0.1) is 0 Å². The van der Waals surface area contributed by atoms with Crippen LogP contribution in [0.5, 0.6) is 0 Å². The summed E-state index contributed by atoms with van der Waals surface area (Å²) in [6.45, 7) is 3.19. The zero-order valence-electron chi connectivity index (χ0n) is 12.5. The number of likely N-dealkylation sites (N-methyl/N-ethyl adjacent to an activating group) is 1. The van der Waals surface area contributed by atoms with Crippen molar-refractivity contribution in [3.63, 3.8) is 0 Å². The predicted molar refractivity (Wildman–Crippen MR) is 95.5 cm³/mol. The van der Waals surface area contributed by atoms with Gasteiger partial charge in [0.1, 0.15) is 0 Å². The average molecular weight is 367 g/mol. The molecule has 0 spiro atoms. The highest BCUT2D eigenvalue weighted by atomic mass is 79.9. The first-order valence-electron chi connectivity index (χ1n) is 7.19. The zero-order chi connectivity index (χ0) is 15.2. The highest BCUT2D eigenvalue weighted by molar-refractivity contribution is 9.09. The molecule has 0 aromatic heterocycles. The van der Waals surface area contributed by atoms with Crippen LogP contribution in [0, 0.1) is 0 Å². The third kappa shape index (κ3) is 4.32. The Balaban J connectivity index is 2.09. The first kappa shape index (κ1) is 16.5. The van der Waals surface area contributed by atoms with Crippen molar-refractivity contribution < 1.29 is 0 Å². The maximum Gasteiger partial charge on any atom is 0.0453 e. The molecular weight excluding hydrogens is 346 g/mol. The van der Waals surface area contributed by atoms with E-state index in [1.165, 1.54) is 11.1 Å². The standard InChI is InChI=1S/C18H21BrClN/c1-14(17-10-6-7-11-18(17)20)21(2)13-16(12-19)15-8-4-3-5-9-15/h3-11,14,16H,12-13H2,1-2H3. The van der Waals surface area contributed by atoms with Crippen LogP contribution in [-0.2, 0) is 0 Å². The fourth-order valence-corrected chi connectivity index (χ4v) is 3.40. The lowest BCUT2D eigenvalue weighted by Gasteiger charge is -2.29. The van der Waals surface area contributed by atoms with Crippen molar-refractivity contribution in [3.05, 3.63) is 70.7 Å². The number of rotatable bonds is 6. The molecule has 0 bridgehead atoms. The van der Waals surface area contributed by atoms with Gasteiger partial charge in [-0.25, -0.2) is 0 Å². The molecule has 0 fully saturated rings. The Kier molecular flexibility index (Phi) is 6.28. The summed E-state index contributed by atoms with van der Waals surface area (Å²) in [5.41, 5.74) is 2.55. The Hall–Kier alpha value is -0.830. The van der Waals surface area contributed by atoms with Crippen molar-refractivity contribution in [3.8, 4) is 0 Å². The number of alkyl halides is 1. The Labute approximate surface area is 141 Å². The summed E-state index contributed by atoms with van der Waals surface area (Å²) in [6, 6.07) is 19.0. The fourth-order valence-electron chi connectivity index (χ4n) is 2.53. The zero-order valence-corrected chi connectivity index (χ0v) is 14.8. The summed E-state index contributed by atoms with van der Waals surface area (Å²) in [5, 5.41) is 1.79. The minimum Gasteiger partial charge on any atom is -0.299 e. The second-order valence-corrected chi connectivity index (χ2v) is 6.45. The van der Waals surface area contributed by atoms with Gasteiger partial charge in [-0.3, -0.25) is 4.90 Å². The molecule has 1 nitrogen and oxygen atoms in total. The van der Waals surface area contributed by atoms with Gasteiger partial charge in [0.15, 0.2) is 0 Å². The average Bonchev–Trinajstić information content (AvgIpc) is 2.53.